The van der Waals surface area contributed by atoms with Crippen LogP contribution in [-0.4, -0.2) is 26.7 Å². The summed E-state index contributed by atoms with van der Waals surface area (Å²) in [5.41, 5.74) is 0.703. The summed E-state index contributed by atoms with van der Waals surface area (Å²) in [6, 6.07) is 6.74. The highest BCUT2D eigenvalue weighted by atomic mass is 32.2. The van der Waals surface area contributed by atoms with Crippen molar-refractivity contribution in [1.29, 1.82) is 0 Å². The van der Waals surface area contributed by atoms with Crippen LogP contribution < -0.4 is 0 Å². The van der Waals surface area contributed by atoms with Gasteiger partial charge in [0.15, 0.2) is 0 Å². The Hall–Kier alpha value is -0.910. The Balaban J connectivity index is 1.79. The summed E-state index contributed by atoms with van der Waals surface area (Å²) in [7, 11) is -3.69. The van der Waals surface area contributed by atoms with Crippen molar-refractivity contribution in [2.75, 3.05) is 6.61 Å². The summed E-state index contributed by atoms with van der Waals surface area (Å²) in [6.07, 6.45) is 3.42. The van der Waals surface area contributed by atoms with Gasteiger partial charge < -0.3 is 4.74 Å². The maximum atomic E-state index is 12.2. The third-order valence-corrected chi connectivity index (χ3v) is 5.31. The molecule has 19 heavy (non-hydrogen) atoms. The Labute approximate surface area is 113 Å². The van der Waals surface area contributed by atoms with Crippen molar-refractivity contribution in [1.82, 2.24) is 0 Å². The number of hydrogen-bond acceptors (Lipinski definition) is 4. The molecule has 1 heterocycles. The third-order valence-electron chi connectivity index (χ3n) is 3.97. The van der Waals surface area contributed by atoms with E-state index in [4.69, 9.17) is 8.92 Å². The lowest BCUT2D eigenvalue weighted by atomic mass is 9.87. The van der Waals surface area contributed by atoms with Crippen molar-refractivity contribution in [3.8, 4) is 0 Å². The highest BCUT2D eigenvalue weighted by molar-refractivity contribution is 7.86. The lowest BCUT2D eigenvalue weighted by Gasteiger charge is -2.28. The number of rotatable bonds is 3. The number of benzene rings is 1. The molecule has 2 fully saturated rings. The molecule has 1 saturated heterocycles. The zero-order chi connectivity index (χ0) is 13.5. The number of aryl methyl sites for hydroxylation is 1. The molecule has 0 unspecified atom stereocenters. The van der Waals surface area contributed by atoms with Gasteiger partial charge in [-0.25, -0.2) is 0 Å². The maximum Gasteiger partial charge on any atom is 0.297 e. The Kier molecular flexibility index (Phi) is 3.15. The average molecular weight is 282 g/mol. The van der Waals surface area contributed by atoms with E-state index in [-0.39, 0.29) is 16.6 Å². The first-order valence-corrected chi connectivity index (χ1v) is 8.07. The van der Waals surface area contributed by atoms with Gasteiger partial charge in [0.25, 0.3) is 10.1 Å². The Bertz CT molecular complexity index is 558. The van der Waals surface area contributed by atoms with Crippen molar-refractivity contribution >= 4 is 10.1 Å². The van der Waals surface area contributed by atoms with Crippen LogP contribution in [0.25, 0.3) is 0 Å². The van der Waals surface area contributed by atoms with Gasteiger partial charge in [-0.15, -0.1) is 0 Å². The van der Waals surface area contributed by atoms with Gasteiger partial charge in [-0.2, -0.15) is 8.42 Å². The van der Waals surface area contributed by atoms with E-state index in [0.29, 0.717) is 6.61 Å². The largest absolute Gasteiger partial charge is 0.367 e. The maximum absolute atomic E-state index is 12.2. The molecule has 1 saturated carbocycles. The molecule has 3 rings (SSSR count). The van der Waals surface area contributed by atoms with Crippen molar-refractivity contribution < 1.29 is 17.3 Å². The molecule has 1 aliphatic heterocycles. The van der Waals surface area contributed by atoms with Crippen LogP contribution in [0.2, 0.25) is 0 Å². The van der Waals surface area contributed by atoms with E-state index in [1.54, 1.807) is 24.3 Å². The molecule has 0 bridgehead atoms. The Morgan fingerprint density at radius 3 is 2.58 bits per heavy atom. The molecule has 0 amide bonds. The van der Waals surface area contributed by atoms with E-state index in [1.807, 2.05) is 6.92 Å². The summed E-state index contributed by atoms with van der Waals surface area (Å²) >= 11 is 0. The molecule has 0 aromatic heterocycles. The normalized spacial score (nSPS) is 30.5. The first kappa shape index (κ1) is 13.1. The van der Waals surface area contributed by atoms with Crippen LogP contribution in [-0.2, 0) is 19.0 Å². The first-order chi connectivity index (χ1) is 9.02. The van der Waals surface area contributed by atoms with Gasteiger partial charge in [-0.3, -0.25) is 4.18 Å². The third kappa shape index (κ3) is 2.55. The molecule has 1 aromatic carbocycles. The smallest absolute Gasteiger partial charge is 0.297 e. The van der Waals surface area contributed by atoms with Gasteiger partial charge in [-0.05, 0) is 31.9 Å². The molecule has 2 aliphatic rings. The molecule has 5 heteroatoms. The molecule has 4 nitrogen and oxygen atoms in total. The molecular formula is C14H18O4S. The highest BCUT2D eigenvalue weighted by Crippen LogP contribution is 2.44. The molecule has 2 atom stereocenters. The van der Waals surface area contributed by atoms with Crippen LogP contribution in [0.4, 0.5) is 0 Å². The molecule has 0 N–H and O–H groups in total. The predicted molar refractivity (Wildman–Crippen MR) is 70.4 cm³/mol. The second-order valence-electron chi connectivity index (χ2n) is 5.45. The molecule has 0 radical (unpaired) electrons. The summed E-state index contributed by atoms with van der Waals surface area (Å²) in [5, 5.41) is 0. The van der Waals surface area contributed by atoms with E-state index in [1.165, 1.54) is 0 Å². The van der Waals surface area contributed by atoms with Crippen molar-refractivity contribution in [3.63, 3.8) is 0 Å². The Morgan fingerprint density at radius 1 is 1.26 bits per heavy atom. The second kappa shape index (κ2) is 4.58. The predicted octanol–water partition coefficient (Wildman–Crippen LogP) is 2.41. The van der Waals surface area contributed by atoms with E-state index in [2.05, 4.69) is 0 Å². The van der Waals surface area contributed by atoms with E-state index in [9.17, 15) is 8.42 Å². The molecule has 1 aromatic rings. The second-order valence-corrected chi connectivity index (χ2v) is 7.02. The summed E-state index contributed by atoms with van der Waals surface area (Å²) in [6.45, 7) is 2.55. The minimum absolute atomic E-state index is 0.222. The molecular weight excluding hydrogens is 264 g/mol. The lowest BCUT2D eigenvalue weighted by molar-refractivity contribution is 0.0654. The lowest BCUT2D eigenvalue weighted by Crippen LogP contribution is -2.37. The van der Waals surface area contributed by atoms with Gasteiger partial charge in [-0.1, -0.05) is 30.5 Å². The number of epoxide rings is 1. The average Bonchev–Trinajstić information content (AvgIpc) is 3.13. The fourth-order valence-electron chi connectivity index (χ4n) is 2.65. The number of hydrogen-bond donors (Lipinski definition) is 0. The number of ether oxygens (including phenoxy) is 1. The summed E-state index contributed by atoms with van der Waals surface area (Å²) in [4.78, 5) is 0.222. The van der Waals surface area contributed by atoms with Crippen molar-refractivity contribution in [2.45, 2.75) is 49.2 Å². The van der Waals surface area contributed by atoms with Crippen LogP contribution in [0.5, 0.6) is 0 Å². The molecule has 1 aliphatic carbocycles. The van der Waals surface area contributed by atoms with E-state index < -0.39 is 10.1 Å². The van der Waals surface area contributed by atoms with E-state index >= 15 is 0 Å². The van der Waals surface area contributed by atoms with Crippen LogP contribution in [0.15, 0.2) is 29.2 Å². The highest BCUT2D eigenvalue weighted by Gasteiger charge is 2.54. The van der Waals surface area contributed by atoms with Crippen LogP contribution >= 0.6 is 0 Å². The molecule has 1 spiro atoms. The SMILES string of the molecule is Cc1ccc(S(=O)(=O)O[C@H]2CCCC[C@]23CO3)cc1. The Morgan fingerprint density at radius 2 is 1.95 bits per heavy atom. The minimum Gasteiger partial charge on any atom is -0.367 e. The first-order valence-electron chi connectivity index (χ1n) is 6.66. The topological polar surface area (TPSA) is 55.9 Å². The van der Waals surface area contributed by atoms with E-state index in [0.717, 1.165) is 31.2 Å². The fraction of sp³-hybridized carbons (Fsp3) is 0.571. The monoisotopic (exact) mass is 282 g/mol. The van der Waals surface area contributed by atoms with Gasteiger partial charge in [0.2, 0.25) is 0 Å². The quantitative estimate of drug-likeness (QED) is 0.631. The van der Waals surface area contributed by atoms with Gasteiger partial charge in [0.1, 0.15) is 11.7 Å². The van der Waals surface area contributed by atoms with Crippen molar-refractivity contribution in [3.05, 3.63) is 29.8 Å². The van der Waals surface area contributed by atoms with Gasteiger partial charge in [0.05, 0.1) is 11.5 Å². The van der Waals surface area contributed by atoms with Crippen molar-refractivity contribution in [2.24, 2.45) is 0 Å². The van der Waals surface area contributed by atoms with Crippen LogP contribution in [0, 0.1) is 6.92 Å². The van der Waals surface area contributed by atoms with Crippen LogP contribution in [0.3, 0.4) is 0 Å². The zero-order valence-electron chi connectivity index (χ0n) is 11.0. The summed E-state index contributed by atoms with van der Waals surface area (Å²) in [5.74, 6) is 0. The van der Waals surface area contributed by atoms with Gasteiger partial charge >= 0.3 is 0 Å². The zero-order valence-corrected chi connectivity index (χ0v) is 11.8. The summed E-state index contributed by atoms with van der Waals surface area (Å²) < 4.78 is 35.4. The minimum atomic E-state index is -3.69. The molecule has 104 valence electrons. The van der Waals surface area contributed by atoms with Crippen LogP contribution in [0.1, 0.15) is 31.2 Å². The fourth-order valence-corrected chi connectivity index (χ4v) is 3.81. The standard InChI is InChI=1S/C14H18O4S/c1-11-5-7-12(8-6-11)19(15,16)18-13-4-2-3-9-14(13)10-17-14/h5-8,13H,2-4,9-10H2,1H3/t13-,14-/m0/s1. The van der Waals surface area contributed by atoms with Gasteiger partial charge in [0, 0.05) is 0 Å².